The lowest BCUT2D eigenvalue weighted by Crippen LogP contribution is -2.48. The zero-order chi connectivity index (χ0) is 19.8. The van der Waals surface area contributed by atoms with Gasteiger partial charge in [0.25, 0.3) is 0 Å². The fourth-order valence-corrected chi connectivity index (χ4v) is 3.56. The molecule has 1 aromatic heterocycles. The van der Waals surface area contributed by atoms with Crippen molar-refractivity contribution in [1.29, 1.82) is 0 Å². The zero-order valence-corrected chi connectivity index (χ0v) is 16.8. The first-order valence-electron chi connectivity index (χ1n) is 9.79. The molecule has 0 saturated carbocycles. The molecule has 0 spiro atoms. The van der Waals surface area contributed by atoms with Crippen LogP contribution in [0.4, 0.5) is 0 Å². The molecule has 2 heterocycles. The van der Waals surface area contributed by atoms with Crippen molar-refractivity contribution in [2.75, 3.05) is 32.7 Å². The maximum absolute atomic E-state index is 12.4. The number of amides is 1. The summed E-state index contributed by atoms with van der Waals surface area (Å²) < 4.78 is 0. The first-order chi connectivity index (χ1) is 13.6. The molecule has 0 N–H and O–H groups in total. The zero-order valence-electron chi connectivity index (χ0n) is 16.0. The van der Waals surface area contributed by atoms with Crippen LogP contribution in [-0.4, -0.2) is 59.2 Å². The lowest BCUT2D eigenvalue weighted by molar-refractivity contribution is -0.132. The molecule has 1 aliphatic rings. The Morgan fingerprint density at radius 1 is 1.00 bits per heavy atom. The molecule has 5 nitrogen and oxygen atoms in total. The van der Waals surface area contributed by atoms with E-state index in [-0.39, 0.29) is 24.5 Å². The molecular formula is C22H26ClN3O2. The molecule has 0 radical (unpaired) electrons. The molecule has 0 atom stereocenters. The molecule has 1 saturated heterocycles. The van der Waals surface area contributed by atoms with Gasteiger partial charge in [0.15, 0.2) is 5.78 Å². The molecule has 0 aliphatic carbocycles. The topological polar surface area (TPSA) is 53.5 Å². The van der Waals surface area contributed by atoms with Gasteiger partial charge in [0.2, 0.25) is 5.91 Å². The average Bonchev–Trinajstić information content (AvgIpc) is 2.74. The summed E-state index contributed by atoms with van der Waals surface area (Å²) in [6, 6.07) is 11.5. The van der Waals surface area contributed by atoms with Crippen molar-refractivity contribution in [1.82, 2.24) is 14.8 Å². The third-order valence-electron chi connectivity index (χ3n) is 5.13. The molecule has 148 valence electrons. The van der Waals surface area contributed by atoms with E-state index < -0.39 is 0 Å². The number of hydrogen-bond acceptors (Lipinski definition) is 4. The summed E-state index contributed by atoms with van der Waals surface area (Å²) in [5, 5.41) is 0.770. The fourth-order valence-electron chi connectivity index (χ4n) is 3.43. The van der Waals surface area contributed by atoms with Crippen molar-refractivity contribution in [2.45, 2.75) is 25.7 Å². The highest BCUT2D eigenvalue weighted by Crippen LogP contribution is 2.12. The number of benzene rings is 1. The maximum Gasteiger partial charge on any atom is 0.223 e. The minimum atomic E-state index is -0.0257. The third kappa shape index (κ3) is 6.14. The average molecular weight is 400 g/mol. The number of ketones is 1. The van der Waals surface area contributed by atoms with Crippen molar-refractivity contribution in [3.8, 4) is 0 Å². The Kier molecular flexibility index (Phi) is 7.57. The lowest BCUT2D eigenvalue weighted by atomic mass is 10.1. The predicted octanol–water partition coefficient (Wildman–Crippen LogP) is 3.47. The smallest absolute Gasteiger partial charge is 0.223 e. The van der Waals surface area contributed by atoms with Crippen molar-refractivity contribution in [3.05, 3.63) is 64.9 Å². The number of Topliss-reactive ketones (excluding diaryl/α,β-unsaturated/α-hetero) is 1. The second-order valence-corrected chi connectivity index (χ2v) is 7.55. The van der Waals surface area contributed by atoms with E-state index in [9.17, 15) is 9.59 Å². The summed E-state index contributed by atoms with van der Waals surface area (Å²) in [6.45, 7) is 4.29. The number of aryl methyl sites for hydroxylation is 1. The van der Waals surface area contributed by atoms with Crippen molar-refractivity contribution >= 4 is 23.3 Å². The summed E-state index contributed by atoms with van der Waals surface area (Å²) in [5.41, 5.74) is 1.87. The van der Waals surface area contributed by atoms with E-state index in [2.05, 4.69) is 22.0 Å². The van der Waals surface area contributed by atoms with Crippen LogP contribution in [-0.2, 0) is 11.2 Å². The van der Waals surface area contributed by atoms with E-state index in [0.29, 0.717) is 5.56 Å². The Morgan fingerprint density at radius 2 is 1.75 bits per heavy atom. The molecule has 1 fully saturated rings. The van der Waals surface area contributed by atoms with E-state index in [1.54, 1.807) is 24.5 Å². The number of aromatic nitrogens is 1. The molecule has 3 rings (SSSR count). The second kappa shape index (κ2) is 10.3. The van der Waals surface area contributed by atoms with Gasteiger partial charge in [-0.05, 0) is 49.2 Å². The summed E-state index contributed by atoms with van der Waals surface area (Å²) in [4.78, 5) is 32.7. The predicted molar refractivity (Wildman–Crippen MR) is 111 cm³/mol. The Bertz CT molecular complexity index is 772. The van der Waals surface area contributed by atoms with Crippen LogP contribution in [0.25, 0.3) is 0 Å². The van der Waals surface area contributed by atoms with E-state index in [4.69, 9.17) is 11.6 Å². The third-order valence-corrected chi connectivity index (χ3v) is 5.38. The van der Waals surface area contributed by atoms with Gasteiger partial charge in [-0.2, -0.15) is 0 Å². The highest BCUT2D eigenvalue weighted by atomic mass is 35.5. The van der Waals surface area contributed by atoms with Crippen LogP contribution in [0.1, 0.15) is 35.2 Å². The SMILES string of the molecule is O=C(CCC(=O)N1CCN(CCCc2ccc(Cl)cc2)CC1)c1cccnc1. The number of carbonyl (C=O) groups is 2. The molecular weight excluding hydrogens is 374 g/mol. The number of rotatable bonds is 8. The monoisotopic (exact) mass is 399 g/mol. The minimum Gasteiger partial charge on any atom is -0.340 e. The largest absolute Gasteiger partial charge is 0.340 e. The van der Waals surface area contributed by atoms with Gasteiger partial charge in [-0.1, -0.05) is 23.7 Å². The molecule has 28 heavy (non-hydrogen) atoms. The number of piperazine rings is 1. The van der Waals surface area contributed by atoms with Crippen LogP contribution in [0.3, 0.4) is 0 Å². The van der Waals surface area contributed by atoms with Gasteiger partial charge in [0, 0.05) is 62.0 Å². The van der Waals surface area contributed by atoms with E-state index >= 15 is 0 Å². The van der Waals surface area contributed by atoms with Crippen molar-refractivity contribution < 1.29 is 9.59 Å². The number of carbonyl (C=O) groups excluding carboxylic acids is 2. The van der Waals surface area contributed by atoms with E-state index in [1.807, 2.05) is 17.0 Å². The highest BCUT2D eigenvalue weighted by Gasteiger charge is 2.21. The van der Waals surface area contributed by atoms with Gasteiger partial charge in [0.05, 0.1) is 0 Å². The molecule has 2 aromatic rings. The van der Waals surface area contributed by atoms with Gasteiger partial charge >= 0.3 is 0 Å². The second-order valence-electron chi connectivity index (χ2n) is 7.12. The number of nitrogens with zero attached hydrogens (tertiary/aromatic N) is 3. The molecule has 1 amide bonds. The Balaban J connectivity index is 1.33. The minimum absolute atomic E-state index is 0.0257. The highest BCUT2D eigenvalue weighted by molar-refractivity contribution is 6.30. The number of pyridine rings is 1. The van der Waals surface area contributed by atoms with Crippen LogP contribution < -0.4 is 0 Å². The molecule has 0 unspecified atom stereocenters. The van der Waals surface area contributed by atoms with Gasteiger partial charge in [-0.15, -0.1) is 0 Å². The van der Waals surface area contributed by atoms with Crippen LogP contribution in [0, 0.1) is 0 Å². The van der Waals surface area contributed by atoms with E-state index in [1.165, 1.54) is 5.56 Å². The number of hydrogen-bond donors (Lipinski definition) is 0. The lowest BCUT2D eigenvalue weighted by Gasteiger charge is -2.34. The first-order valence-corrected chi connectivity index (χ1v) is 10.2. The molecule has 1 aromatic carbocycles. The van der Waals surface area contributed by atoms with Gasteiger partial charge in [-0.25, -0.2) is 0 Å². The summed E-state index contributed by atoms with van der Waals surface area (Å²) >= 11 is 5.92. The number of halogens is 1. The molecule has 1 aliphatic heterocycles. The fraction of sp³-hybridized carbons (Fsp3) is 0.409. The first kappa shape index (κ1) is 20.5. The van der Waals surface area contributed by atoms with Gasteiger partial charge < -0.3 is 4.90 Å². The van der Waals surface area contributed by atoms with Crippen molar-refractivity contribution in [2.24, 2.45) is 0 Å². The van der Waals surface area contributed by atoms with Crippen LogP contribution >= 0.6 is 11.6 Å². The van der Waals surface area contributed by atoms with Crippen LogP contribution in [0.15, 0.2) is 48.8 Å². The Morgan fingerprint density at radius 3 is 2.43 bits per heavy atom. The normalized spacial score (nSPS) is 14.8. The summed E-state index contributed by atoms with van der Waals surface area (Å²) in [6.07, 6.45) is 5.82. The van der Waals surface area contributed by atoms with Gasteiger partial charge in [0.1, 0.15) is 0 Å². The standard InChI is InChI=1S/C22H26ClN3O2/c23-20-7-5-18(6-8-20)3-2-12-25-13-15-26(16-14-25)22(28)10-9-21(27)19-4-1-11-24-17-19/h1,4-8,11,17H,2-3,9-10,12-16H2. The van der Waals surface area contributed by atoms with Gasteiger partial charge in [-0.3, -0.25) is 19.5 Å². The molecule has 0 bridgehead atoms. The quantitative estimate of drug-likeness (QED) is 0.638. The van der Waals surface area contributed by atoms with E-state index in [0.717, 1.165) is 50.6 Å². The summed E-state index contributed by atoms with van der Waals surface area (Å²) in [7, 11) is 0. The Hall–Kier alpha value is -2.24. The van der Waals surface area contributed by atoms with Crippen molar-refractivity contribution in [3.63, 3.8) is 0 Å². The van der Waals surface area contributed by atoms with Crippen LogP contribution in [0.5, 0.6) is 0 Å². The summed E-state index contributed by atoms with van der Waals surface area (Å²) in [5.74, 6) is 0.0420. The maximum atomic E-state index is 12.4. The Labute approximate surface area is 171 Å². The molecule has 6 heteroatoms. The van der Waals surface area contributed by atoms with Crippen LogP contribution in [0.2, 0.25) is 5.02 Å².